The Morgan fingerprint density at radius 3 is 2.62 bits per heavy atom. The highest BCUT2D eigenvalue weighted by molar-refractivity contribution is 6.42. The lowest BCUT2D eigenvalue weighted by atomic mass is 9.99. The summed E-state index contributed by atoms with van der Waals surface area (Å²) in [4.78, 5) is 19.1. The molecule has 1 aliphatic rings. The first kappa shape index (κ1) is 17.1. The summed E-state index contributed by atoms with van der Waals surface area (Å²) in [7, 11) is 0. The number of nitrogens with one attached hydrogen (secondary N) is 1. The number of piperidine rings is 1. The maximum atomic E-state index is 12.5. The molecule has 3 rings (SSSR count). The largest absolute Gasteiger partial charge is 0.357 e. The third-order valence-electron chi connectivity index (χ3n) is 4.29. The average Bonchev–Trinajstić information content (AvgIpc) is 2.59. The van der Waals surface area contributed by atoms with Gasteiger partial charge in [-0.05, 0) is 49.1 Å². The third-order valence-corrected chi connectivity index (χ3v) is 5.03. The minimum absolute atomic E-state index is 0.192. The zero-order valence-corrected chi connectivity index (χ0v) is 14.9. The van der Waals surface area contributed by atoms with Crippen molar-refractivity contribution in [3.8, 4) is 0 Å². The van der Waals surface area contributed by atoms with Crippen LogP contribution < -0.4 is 10.2 Å². The summed E-state index contributed by atoms with van der Waals surface area (Å²) < 4.78 is 0. The Morgan fingerprint density at radius 1 is 1.17 bits per heavy atom. The highest BCUT2D eigenvalue weighted by Crippen LogP contribution is 2.26. The lowest BCUT2D eigenvalue weighted by molar-refractivity contribution is 0.102. The van der Waals surface area contributed by atoms with E-state index in [1.807, 2.05) is 6.07 Å². The molecule has 0 unspecified atom stereocenters. The minimum atomic E-state index is -0.192. The van der Waals surface area contributed by atoms with Crippen LogP contribution in [0, 0.1) is 5.92 Å². The van der Waals surface area contributed by atoms with Crippen molar-refractivity contribution in [1.29, 1.82) is 0 Å². The Kier molecular flexibility index (Phi) is 5.27. The van der Waals surface area contributed by atoms with Crippen LogP contribution in [0.2, 0.25) is 10.0 Å². The highest BCUT2D eigenvalue weighted by Gasteiger charge is 2.18. The lowest BCUT2D eigenvalue weighted by Gasteiger charge is -2.31. The van der Waals surface area contributed by atoms with Crippen LogP contribution in [0.5, 0.6) is 0 Å². The van der Waals surface area contributed by atoms with Gasteiger partial charge in [0, 0.05) is 30.5 Å². The van der Waals surface area contributed by atoms with Gasteiger partial charge in [0.25, 0.3) is 5.91 Å². The number of nitrogens with zero attached hydrogens (tertiary/aromatic N) is 2. The maximum Gasteiger partial charge on any atom is 0.255 e. The van der Waals surface area contributed by atoms with Crippen molar-refractivity contribution < 1.29 is 4.79 Å². The number of amides is 1. The monoisotopic (exact) mass is 363 g/mol. The fraction of sp³-hybridized carbons (Fsp3) is 0.333. The summed E-state index contributed by atoms with van der Waals surface area (Å²) in [6.07, 6.45) is 3.99. The van der Waals surface area contributed by atoms with Crippen LogP contribution in [-0.4, -0.2) is 24.0 Å². The van der Waals surface area contributed by atoms with E-state index >= 15 is 0 Å². The fourth-order valence-corrected chi connectivity index (χ4v) is 3.05. The van der Waals surface area contributed by atoms with Gasteiger partial charge in [0.15, 0.2) is 0 Å². The number of benzene rings is 1. The van der Waals surface area contributed by atoms with Gasteiger partial charge in [-0.3, -0.25) is 4.79 Å². The van der Waals surface area contributed by atoms with E-state index in [4.69, 9.17) is 23.2 Å². The van der Waals surface area contributed by atoms with Crippen LogP contribution in [0.1, 0.15) is 30.1 Å². The van der Waals surface area contributed by atoms with E-state index in [0.717, 1.165) is 37.7 Å². The molecule has 0 atom stereocenters. The molecule has 6 heteroatoms. The van der Waals surface area contributed by atoms with E-state index in [1.165, 1.54) is 0 Å². The van der Waals surface area contributed by atoms with Crippen molar-refractivity contribution in [2.75, 3.05) is 23.3 Å². The van der Waals surface area contributed by atoms with E-state index in [-0.39, 0.29) is 5.91 Å². The number of pyridine rings is 1. The fourth-order valence-electron chi connectivity index (χ4n) is 2.75. The summed E-state index contributed by atoms with van der Waals surface area (Å²) in [6.45, 7) is 4.23. The quantitative estimate of drug-likeness (QED) is 0.845. The Hall–Kier alpha value is -1.78. The molecule has 1 saturated heterocycles. The summed E-state index contributed by atoms with van der Waals surface area (Å²) in [5, 5.41) is 3.70. The molecule has 0 radical (unpaired) electrons. The molecular formula is C18H19Cl2N3O. The first-order valence-electron chi connectivity index (χ1n) is 8.00. The molecule has 1 amide bonds. The van der Waals surface area contributed by atoms with Crippen LogP contribution in [-0.2, 0) is 0 Å². The molecule has 2 aromatic rings. The number of hydrogen-bond donors (Lipinski definition) is 1. The summed E-state index contributed by atoms with van der Waals surface area (Å²) in [5.74, 6) is 1.41. The molecule has 1 aromatic heterocycles. The molecule has 0 bridgehead atoms. The average molecular weight is 364 g/mol. The number of carbonyl (C=O) groups excluding carboxylic acids is 1. The van der Waals surface area contributed by atoms with Crippen LogP contribution in [0.15, 0.2) is 36.5 Å². The van der Waals surface area contributed by atoms with Crippen molar-refractivity contribution in [1.82, 2.24) is 4.98 Å². The summed E-state index contributed by atoms with van der Waals surface area (Å²) in [5.41, 5.74) is 1.18. The number of aromatic nitrogens is 1. The molecule has 0 saturated carbocycles. The summed E-state index contributed by atoms with van der Waals surface area (Å²) in [6, 6.07) is 8.56. The number of rotatable bonds is 3. The minimum Gasteiger partial charge on any atom is -0.357 e. The summed E-state index contributed by atoms with van der Waals surface area (Å²) >= 11 is 11.9. The van der Waals surface area contributed by atoms with Gasteiger partial charge < -0.3 is 10.2 Å². The molecule has 24 heavy (non-hydrogen) atoms. The normalized spacial score (nSPS) is 15.4. The Morgan fingerprint density at radius 2 is 1.92 bits per heavy atom. The highest BCUT2D eigenvalue weighted by atomic mass is 35.5. The lowest BCUT2D eigenvalue weighted by Crippen LogP contribution is -2.33. The second-order valence-electron chi connectivity index (χ2n) is 6.16. The van der Waals surface area contributed by atoms with Crippen LogP contribution >= 0.6 is 23.2 Å². The Balaban J connectivity index is 1.73. The standard InChI is InChI=1S/C18H19Cl2N3O/c1-12-5-8-23(9-6-12)17-10-13(4-7-21-17)18(24)22-14-2-3-15(19)16(20)11-14/h2-4,7,10-12H,5-6,8-9H2,1H3,(H,22,24). The zero-order valence-electron chi connectivity index (χ0n) is 13.4. The molecule has 1 N–H and O–H groups in total. The molecule has 0 aliphatic carbocycles. The van der Waals surface area contributed by atoms with Gasteiger partial charge in [0.05, 0.1) is 10.0 Å². The van der Waals surface area contributed by atoms with Gasteiger partial charge in [-0.15, -0.1) is 0 Å². The van der Waals surface area contributed by atoms with Crippen molar-refractivity contribution >= 4 is 40.6 Å². The molecule has 126 valence electrons. The first-order chi connectivity index (χ1) is 11.5. The van der Waals surface area contributed by atoms with Crippen LogP contribution in [0.25, 0.3) is 0 Å². The van der Waals surface area contributed by atoms with Gasteiger partial charge in [-0.1, -0.05) is 30.1 Å². The molecular weight excluding hydrogens is 345 g/mol. The second-order valence-corrected chi connectivity index (χ2v) is 6.97. The molecule has 1 fully saturated rings. The van der Waals surface area contributed by atoms with Gasteiger partial charge in [-0.25, -0.2) is 4.98 Å². The topological polar surface area (TPSA) is 45.2 Å². The van der Waals surface area contributed by atoms with Gasteiger partial charge >= 0.3 is 0 Å². The molecule has 2 heterocycles. The Labute approximate surface area is 151 Å². The molecule has 1 aromatic carbocycles. The van der Waals surface area contributed by atoms with E-state index in [2.05, 4.69) is 22.1 Å². The number of hydrogen-bond acceptors (Lipinski definition) is 3. The second kappa shape index (κ2) is 7.41. The SMILES string of the molecule is CC1CCN(c2cc(C(=O)Nc3ccc(Cl)c(Cl)c3)ccn2)CC1. The van der Waals surface area contributed by atoms with Crippen molar-refractivity contribution in [2.24, 2.45) is 5.92 Å². The zero-order chi connectivity index (χ0) is 17.1. The van der Waals surface area contributed by atoms with Gasteiger partial charge in [0.2, 0.25) is 0 Å². The van der Waals surface area contributed by atoms with Crippen molar-refractivity contribution in [3.05, 3.63) is 52.1 Å². The third kappa shape index (κ3) is 4.00. The predicted octanol–water partition coefficient (Wildman–Crippen LogP) is 4.88. The molecule has 1 aliphatic heterocycles. The predicted molar refractivity (Wildman–Crippen MR) is 99.3 cm³/mol. The first-order valence-corrected chi connectivity index (χ1v) is 8.76. The maximum absolute atomic E-state index is 12.5. The van der Waals surface area contributed by atoms with E-state index in [9.17, 15) is 4.79 Å². The van der Waals surface area contributed by atoms with Gasteiger partial charge in [-0.2, -0.15) is 0 Å². The van der Waals surface area contributed by atoms with E-state index < -0.39 is 0 Å². The van der Waals surface area contributed by atoms with Crippen LogP contribution in [0.3, 0.4) is 0 Å². The van der Waals surface area contributed by atoms with E-state index in [1.54, 1.807) is 30.5 Å². The molecule has 0 spiro atoms. The van der Waals surface area contributed by atoms with Crippen molar-refractivity contribution in [2.45, 2.75) is 19.8 Å². The van der Waals surface area contributed by atoms with Gasteiger partial charge in [0.1, 0.15) is 5.82 Å². The van der Waals surface area contributed by atoms with E-state index in [0.29, 0.717) is 21.3 Å². The number of carbonyl (C=O) groups is 1. The number of anilines is 2. The number of halogens is 2. The smallest absolute Gasteiger partial charge is 0.255 e. The molecule has 4 nitrogen and oxygen atoms in total. The Bertz CT molecular complexity index is 743. The van der Waals surface area contributed by atoms with Crippen molar-refractivity contribution in [3.63, 3.8) is 0 Å². The van der Waals surface area contributed by atoms with Crippen LogP contribution in [0.4, 0.5) is 11.5 Å².